The maximum Gasteiger partial charge on any atom is 0.0703 e. The van der Waals surface area contributed by atoms with Crippen LogP contribution in [-0.4, -0.2) is 38.5 Å². The molecule has 0 bridgehead atoms. The van der Waals surface area contributed by atoms with E-state index in [1.807, 2.05) is 0 Å². The zero-order valence-corrected chi connectivity index (χ0v) is 10.2. The molecule has 0 aromatic carbocycles. The van der Waals surface area contributed by atoms with Crippen LogP contribution in [0, 0.1) is 0 Å². The van der Waals surface area contributed by atoms with E-state index in [4.69, 9.17) is 9.47 Å². The summed E-state index contributed by atoms with van der Waals surface area (Å²) in [5, 5.41) is 3.43. The highest BCUT2D eigenvalue weighted by Gasteiger charge is 2.09. The standard InChI is InChI=1S/C11H25NO2/c1-10(14-9-8-13-5)6-7-12-11(2,3)4/h10,12H,6-9H2,1-5H3. The topological polar surface area (TPSA) is 30.5 Å². The third-order valence-electron chi connectivity index (χ3n) is 1.90. The van der Waals surface area contributed by atoms with Crippen LogP contribution >= 0.6 is 0 Å². The van der Waals surface area contributed by atoms with E-state index in [2.05, 4.69) is 33.0 Å². The van der Waals surface area contributed by atoms with E-state index in [1.165, 1.54) is 0 Å². The van der Waals surface area contributed by atoms with E-state index in [0.717, 1.165) is 13.0 Å². The summed E-state index contributed by atoms with van der Waals surface area (Å²) in [6.07, 6.45) is 1.35. The van der Waals surface area contributed by atoms with Gasteiger partial charge in [-0.25, -0.2) is 0 Å². The van der Waals surface area contributed by atoms with Crippen LogP contribution in [0.4, 0.5) is 0 Å². The molecule has 0 aromatic heterocycles. The van der Waals surface area contributed by atoms with Crippen LogP contribution in [-0.2, 0) is 9.47 Å². The van der Waals surface area contributed by atoms with Crippen molar-refractivity contribution in [2.24, 2.45) is 0 Å². The summed E-state index contributed by atoms with van der Waals surface area (Å²) in [5.41, 5.74) is 0.201. The Hall–Kier alpha value is -0.120. The molecule has 1 unspecified atom stereocenters. The lowest BCUT2D eigenvalue weighted by Gasteiger charge is -2.22. The Morgan fingerprint density at radius 3 is 2.36 bits per heavy atom. The van der Waals surface area contributed by atoms with Gasteiger partial charge in [-0.1, -0.05) is 0 Å². The monoisotopic (exact) mass is 203 g/mol. The highest BCUT2D eigenvalue weighted by Crippen LogP contribution is 2.01. The molecule has 1 N–H and O–H groups in total. The maximum absolute atomic E-state index is 5.53. The molecule has 3 nitrogen and oxygen atoms in total. The number of rotatable bonds is 7. The van der Waals surface area contributed by atoms with Gasteiger partial charge in [0, 0.05) is 12.6 Å². The van der Waals surface area contributed by atoms with Crippen molar-refractivity contribution in [2.45, 2.75) is 45.8 Å². The normalized spacial score (nSPS) is 14.4. The van der Waals surface area contributed by atoms with Crippen LogP contribution in [0.1, 0.15) is 34.1 Å². The number of hydrogen-bond donors (Lipinski definition) is 1. The van der Waals surface area contributed by atoms with Gasteiger partial charge in [0.05, 0.1) is 19.3 Å². The van der Waals surface area contributed by atoms with Gasteiger partial charge in [-0.3, -0.25) is 0 Å². The Morgan fingerprint density at radius 1 is 1.21 bits per heavy atom. The molecular formula is C11H25NO2. The fraction of sp³-hybridized carbons (Fsp3) is 1.00. The second-order valence-electron chi connectivity index (χ2n) is 4.64. The smallest absolute Gasteiger partial charge is 0.0703 e. The zero-order valence-electron chi connectivity index (χ0n) is 10.2. The van der Waals surface area contributed by atoms with E-state index >= 15 is 0 Å². The third kappa shape index (κ3) is 9.96. The van der Waals surface area contributed by atoms with Gasteiger partial charge in [-0.15, -0.1) is 0 Å². The van der Waals surface area contributed by atoms with Crippen LogP contribution < -0.4 is 5.32 Å². The molecule has 0 spiro atoms. The van der Waals surface area contributed by atoms with Crippen LogP contribution in [0.2, 0.25) is 0 Å². The van der Waals surface area contributed by atoms with Gasteiger partial charge < -0.3 is 14.8 Å². The molecule has 0 saturated heterocycles. The molecular weight excluding hydrogens is 178 g/mol. The lowest BCUT2D eigenvalue weighted by molar-refractivity contribution is 0.0222. The van der Waals surface area contributed by atoms with E-state index in [-0.39, 0.29) is 5.54 Å². The summed E-state index contributed by atoms with van der Waals surface area (Å²) in [6, 6.07) is 0. The molecule has 0 aromatic rings. The van der Waals surface area contributed by atoms with Gasteiger partial charge in [-0.2, -0.15) is 0 Å². The molecule has 0 saturated carbocycles. The second-order valence-corrected chi connectivity index (χ2v) is 4.64. The Labute approximate surface area is 88.2 Å². The molecule has 86 valence electrons. The first kappa shape index (κ1) is 13.9. The summed E-state index contributed by atoms with van der Waals surface area (Å²) in [7, 11) is 1.69. The fourth-order valence-corrected chi connectivity index (χ4v) is 1.07. The van der Waals surface area contributed by atoms with Gasteiger partial charge in [0.1, 0.15) is 0 Å². The number of nitrogens with one attached hydrogen (secondary N) is 1. The van der Waals surface area contributed by atoms with Crippen LogP contribution in [0.15, 0.2) is 0 Å². The molecule has 14 heavy (non-hydrogen) atoms. The van der Waals surface area contributed by atoms with Crippen molar-refractivity contribution < 1.29 is 9.47 Å². The molecule has 0 rings (SSSR count). The highest BCUT2D eigenvalue weighted by atomic mass is 16.5. The molecule has 0 radical (unpaired) electrons. The lowest BCUT2D eigenvalue weighted by atomic mass is 10.1. The van der Waals surface area contributed by atoms with Crippen LogP contribution in [0.3, 0.4) is 0 Å². The molecule has 0 aliphatic heterocycles. The molecule has 0 heterocycles. The van der Waals surface area contributed by atoms with E-state index < -0.39 is 0 Å². The first-order valence-corrected chi connectivity index (χ1v) is 5.31. The summed E-state index contributed by atoms with van der Waals surface area (Å²) in [6.45, 7) is 11.0. The Kier molecular flexibility index (Phi) is 7.15. The van der Waals surface area contributed by atoms with Crippen molar-refractivity contribution >= 4 is 0 Å². The summed E-state index contributed by atoms with van der Waals surface area (Å²) in [5.74, 6) is 0. The average Bonchev–Trinajstić information content (AvgIpc) is 2.02. The largest absolute Gasteiger partial charge is 0.382 e. The first-order valence-electron chi connectivity index (χ1n) is 5.31. The lowest BCUT2D eigenvalue weighted by Crippen LogP contribution is -2.37. The van der Waals surface area contributed by atoms with Crippen molar-refractivity contribution in [1.29, 1.82) is 0 Å². The Balaban J connectivity index is 3.31. The summed E-state index contributed by atoms with van der Waals surface area (Å²) >= 11 is 0. The van der Waals surface area contributed by atoms with E-state index in [1.54, 1.807) is 7.11 Å². The summed E-state index contributed by atoms with van der Waals surface area (Å²) < 4.78 is 10.4. The predicted molar refractivity (Wildman–Crippen MR) is 59.7 cm³/mol. The third-order valence-corrected chi connectivity index (χ3v) is 1.90. The van der Waals surface area contributed by atoms with E-state index in [0.29, 0.717) is 19.3 Å². The SMILES string of the molecule is COCCOC(C)CCNC(C)(C)C. The van der Waals surface area contributed by atoms with Gasteiger partial charge in [0.15, 0.2) is 0 Å². The zero-order chi connectivity index (χ0) is 11.0. The molecule has 3 heteroatoms. The minimum absolute atomic E-state index is 0.201. The number of hydrogen-bond acceptors (Lipinski definition) is 3. The Bertz CT molecular complexity index is 132. The minimum Gasteiger partial charge on any atom is -0.382 e. The van der Waals surface area contributed by atoms with Crippen molar-refractivity contribution in [3.8, 4) is 0 Å². The maximum atomic E-state index is 5.53. The summed E-state index contributed by atoms with van der Waals surface area (Å²) in [4.78, 5) is 0. The molecule has 1 atom stereocenters. The molecule has 0 aliphatic carbocycles. The minimum atomic E-state index is 0.201. The van der Waals surface area contributed by atoms with Crippen molar-refractivity contribution in [3.63, 3.8) is 0 Å². The molecule has 0 aliphatic rings. The van der Waals surface area contributed by atoms with Gasteiger partial charge >= 0.3 is 0 Å². The second kappa shape index (κ2) is 7.21. The van der Waals surface area contributed by atoms with Crippen molar-refractivity contribution in [1.82, 2.24) is 5.32 Å². The predicted octanol–water partition coefficient (Wildman–Crippen LogP) is 1.82. The number of methoxy groups -OCH3 is 1. The first-order chi connectivity index (χ1) is 6.45. The number of ether oxygens (including phenoxy) is 2. The quantitative estimate of drug-likeness (QED) is 0.640. The van der Waals surface area contributed by atoms with Gasteiger partial charge in [0.25, 0.3) is 0 Å². The molecule has 0 fully saturated rings. The Morgan fingerprint density at radius 2 is 1.86 bits per heavy atom. The van der Waals surface area contributed by atoms with Gasteiger partial charge in [0.2, 0.25) is 0 Å². The van der Waals surface area contributed by atoms with Crippen molar-refractivity contribution in [2.75, 3.05) is 26.9 Å². The van der Waals surface area contributed by atoms with Crippen LogP contribution in [0.5, 0.6) is 0 Å². The highest BCUT2D eigenvalue weighted by molar-refractivity contribution is 4.70. The van der Waals surface area contributed by atoms with E-state index in [9.17, 15) is 0 Å². The van der Waals surface area contributed by atoms with Crippen molar-refractivity contribution in [3.05, 3.63) is 0 Å². The van der Waals surface area contributed by atoms with Crippen LogP contribution in [0.25, 0.3) is 0 Å². The van der Waals surface area contributed by atoms with Gasteiger partial charge in [-0.05, 0) is 40.7 Å². The average molecular weight is 203 g/mol. The fourth-order valence-electron chi connectivity index (χ4n) is 1.07. The molecule has 0 amide bonds.